The van der Waals surface area contributed by atoms with Crippen LogP contribution >= 0.6 is 0 Å². The molecule has 1 aliphatic rings. The molecule has 7 heteroatoms. The third-order valence-corrected chi connectivity index (χ3v) is 4.32. The van der Waals surface area contributed by atoms with Crippen molar-refractivity contribution in [2.24, 2.45) is 5.92 Å². The lowest BCUT2D eigenvalue weighted by Crippen LogP contribution is -2.28. The van der Waals surface area contributed by atoms with Gasteiger partial charge in [-0.15, -0.1) is 0 Å². The zero-order chi connectivity index (χ0) is 20.1. The molecule has 0 bridgehead atoms. The van der Waals surface area contributed by atoms with Crippen molar-refractivity contribution in [2.45, 2.75) is 12.8 Å². The summed E-state index contributed by atoms with van der Waals surface area (Å²) in [4.78, 5) is 37.7. The van der Waals surface area contributed by atoms with E-state index in [1.165, 1.54) is 4.90 Å². The van der Waals surface area contributed by atoms with E-state index in [2.05, 4.69) is 10.6 Å². The Morgan fingerprint density at radius 3 is 2.36 bits per heavy atom. The van der Waals surface area contributed by atoms with Crippen molar-refractivity contribution >= 4 is 29.1 Å². The van der Waals surface area contributed by atoms with E-state index in [0.29, 0.717) is 22.7 Å². The van der Waals surface area contributed by atoms with Crippen LogP contribution in [0.5, 0.6) is 5.75 Å². The van der Waals surface area contributed by atoms with Gasteiger partial charge in [0.15, 0.2) is 6.61 Å². The molecule has 2 N–H and O–H groups in total. The molecule has 0 unspecified atom stereocenters. The number of nitrogens with one attached hydrogen (secondary N) is 2. The van der Waals surface area contributed by atoms with Crippen LogP contribution in [0.2, 0.25) is 0 Å². The van der Waals surface area contributed by atoms with Gasteiger partial charge in [0.25, 0.3) is 11.8 Å². The fourth-order valence-electron chi connectivity index (χ4n) is 2.51. The lowest BCUT2D eigenvalue weighted by atomic mass is 10.1. The average molecular weight is 381 g/mol. The summed E-state index contributed by atoms with van der Waals surface area (Å²) in [5.41, 5.74) is 1.51. The topological polar surface area (TPSA) is 87.7 Å². The van der Waals surface area contributed by atoms with E-state index in [0.717, 1.165) is 12.8 Å². The van der Waals surface area contributed by atoms with Crippen LogP contribution in [0.15, 0.2) is 48.5 Å². The summed E-state index contributed by atoms with van der Waals surface area (Å²) in [6.07, 6.45) is 1.85. The van der Waals surface area contributed by atoms with Gasteiger partial charge in [-0.2, -0.15) is 0 Å². The molecule has 1 saturated carbocycles. The van der Waals surface area contributed by atoms with Gasteiger partial charge in [0.05, 0.1) is 5.56 Å². The predicted octanol–water partition coefficient (Wildman–Crippen LogP) is 2.75. The Morgan fingerprint density at radius 2 is 1.68 bits per heavy atom. The van der Waals surface area contributed by atoms with Crippen molar-refractivity contribution in [3.8, 4) is 5.75 Å². The van der Waals surface area contributed by atoms with Gasteiger partial charge in [-0.05, 0) is 43.2 Å². The second-order valence-corrected chi connectivity index (χ2v) is 6.87. The third kappa shape index (κ3) is 5.09. The first kappa shape index (κ1) is 19.4. The minimum Gasteiger partial charge on any atom is -0.483 e. The normalized spacial score (nSPS) is 12.8. The van der Waals surface area contributed by atoms with Crippen LogP contribution in [0.25, 0.3) is 0 Å². The smallest absolute Gasteiger partial charge is 0.259 e. The Bertz CT molecular complexity index is 891. The molecule has 3 amide bonds. The number of ether oxygens (including phenoxy) is 1. The lowest BCUT2D eigenvalue weighted by molar-refractivity contribution is -0.130. The van der Waals surface area contributed by atoms with Gasteiger partial charge in [0.1, 0.15) is 5.75 Å². The van der Waals surface area contributed by atoms with Crippen molar-refractivity contribution in [3.63, 3.8) is 0 Å². The molecule has 0 atom stereocenters. The standard InChI is InChI=1S/C21H23N3O4/c1-24(2)19(25)13-28-18-9-4-3-8-17(18)21(27)23-16-7-5-6-15(12-16)22-20(26)14-10-11-14/h3-9,12,14H,10-11,13H2,1-2H3,(H,22,26)(H,23,27). The van der Waals surface area contributed by atoms with Crippen molar-refractivity contribution < 1.29 is 19.1 Å². The molecule has 0 saturated heterocycles. The Labute approximate surface area is 163 Å². The molecule has 0 radical (unpaired) electrons. The van der Waals surface area contributed by atoms with Gasteiger partial charge in [0.2, 0.25) is 5.91 Å². The zero-order valence-electron chi connectivity index (χ0n) is 15.9. The quantitative estimate of drug-likeness (QED) is 0.772. The summed E-state index contributed by atoms with van der Waals surface area (Å²) in [6.45, 7) is -0.153. The van der Waals surface area contributed by atoms with E-state index < -0.39 is 0 Å². The van der Waals surface area contributed by atoms with Crippen molar-refractivity contribution in [2.75, 3.05) is 31.3 Å². The van der Waals surface area contributed by atoms with Crippen molar-refractivity contribution in [1.29, 1.82) is 0 Å². The van der Waals surface area contributed by atoms with E-state index in [1.807, 2.05) is 0 Å². The number of nitrogens with zero attached hydrogens (tertiary/aromatic N) is 1. The Morgan fingerprint density at radius 1 is 1.00 bits per heavy atom. The van der Waals surface area contributed by atoms with E-state index in [9.17, 15) is 14.4 Å². The number of likely N-dealkylation sites (N-methyl/N-ethyl adjacent to an activating group) is 1. The number of para-hydroxylation sites is 1. The van der Waals surface area contributed by atoms with Crippen molar-refractivity contribution in [3.05, 3.63) is 54.1 Å². The van der Waals surface area contributed by atoms with Crippen LogP contribution in [0.1, 0.15) is 23.2 Å². The minimum absolute atomic E-state index is 0.00721. The summed E-state index contributed by atoms with van der Waals surface area (Å²) in [6, 6.07) is 13.7. The van der Waals surface area contributed by atoms with Crippen LogP contribution in [-0.4, -0.2) is 43.3 Å². The lowest BCUT2D eigenvalue weighted by Gasteiger charge is -2.14. The molecule has 1 aliphatic carbocycles. The molecule has 1 fully saturated rings. The summed E-state index contributed by atoms with van der Waals surface area (Å²) in [7, 11) is 3.28. The molecule has 0 heterocycles. The highest BCUT2D eigenvalue weighted by Crippen LogP contribution is 2.30. The SMILES string of the molecule is CN(C)C(=O)COc1ccccc1C(=O)Nc1cccc(NC(=O)C2CC2)c1. The fraction of sp³-hybridized carbons (Fsp3) is 0.286. The Hall–Kier alpha value is -3.35. The average Bonchev–Trinajstić information content (AvgIpc) is 3.52. The predicted molar refractivity (Wildman–Crippen MR) is 106 cm³/mol. The monoisotopic (exact) mass is 381 g/mol. The maximum Gasteiger partial charge on any atom is 0.259 e. The fourth-order valence-corrected chi connectivity index (χ4v) is 2.51. The number of anilines is 2. The molecular formula is C21H23N3O4. The van der Waals surface area contributed by atoms with Crippen LogP contribution in [0.3, 0.4) is 0 Å². The molecular weight excluding hydrogens is 358 g/mol. The van der Waals surface area contributed by atoms with E-state index in [1.54, 1.807) is 62.6 Å². The van der Waals surface area contributed by atoms with Gasteiger partial charge in [-0.1, -0.05) is 18.2 Å². The number of carbonyl (C=O) groups is 3. The van der Waals surface area contributed by atoms with Crippen LogP contribution in [0.4, 0.5) is 11.4 Å². The highest BCUT2D eigenvalue weighted by molar-refractivity contribution is 6.06. The molecule has 3 rings (SSSR count). The van der Waals surface area contributed by atoms with Gasteiger partial charge in [-0.3, -0.25) is 14.4 Å². The second kappa shape index (κ2) is 8.56. The zero-order valence-corrected chi connectivity index (χ0v) is 15.9. The molecule has 0 aliphatic heterocycles. The highest BCUT2D eigenvalue weighted by Gasteiger charge is 2.29. The summed E-state index contributed by atoms with van der Waals surface area (Å²) in [5, 5.41) is 5.66. The largest absolute Gasteiger partial charge is 0.483 e. The molecule has 0 aromatic heterocycles. The second-order valence-electron chi connectivity index (χ2n) is 6.87. The number of benzene rings is 2. The maximum atomic E-state index is 12.7. The first-order chi connectivity index (χ1) is 13.4. The first-order valence-corrected chi connectivity index (χ1v) is 9.08. The molecule has 0 spiro atoms. The molecule has 7 nitrogen and oxygen atoms in total. The third-order valence-electron chi connectivity index (χ3n) is 4.32. The van der Waals surface area contributed by atoms with E-state index in [-0.39, 0.29) is 30.2 Å². The molecule has 2 aromatic rings. The van der Waals surface area contributed by atoms with Crippen molar-refractivity contribution in [1.82, 2.24) is 4.90 Å². The number of hydrogen-bond acceptors (Lipinski definition) is 4. The number of rotatable bonds is 7. The van der Waals surface area contributed by atoms with Crippen LogP contribution in [-0.2, 0) is 9.59 Å². The number of hydrogen-bond donors (Lipinski definition) is 2. The Balaban J connectivity index is 1.67. The summed E-state index contributed by atoms with van der Waals surface area (Å²) < 4.78 is 5.52. The Kier molecular flexibility index (Phi) is 5.93. The maximum absolute atomic E-state index is 12.7. The first-order valence-electron chi connectivity index (χ1n) is 9.08. The number of amides is 3. The highest BCUT2D eigenvalue weighted by atomic mass is 16.5. The van der Waals surface area contributed by atoms with Gasteiger partial charge < -0.3 is 20.3 Å². The van der Waals surface area contributed by atoms with E-state index >= 15 is 0 Å². The van der Waals surface area contributed by atoms with Crippen LogP contribution < -0.4 is 15.4 Å². The summed E-state index contributed by atoms with van der Waals surface area (Å²) in [5.74, 6) is -0.124. The summed E-state index contributed by atoms with van der Waals surface area (Å²) >= 11 is 0. The molecule has 2 aromatic carbocycles. The molecule has 28 heavy (non-hydrogen) atoms. The van der Waals surface area contributed by atoms with Crippen LogP contribution in [0, 0.1) is 5.92 Å². The van der Waals surface area contributed by atoms with Gasteiger partial charge in [-0.25, -0.2) is 0 Å². The minimum atomic E-state index is -0.362. The molecule has 146 valence electrons. The van der Waals surface area contributed by atoms with Gasteiger partial charge >= 0.3 is 0 Å². The number of carbonyl (C=O) groups excluding carboxylic acids is 3. The van der Waals surface area contributed by atoms with Gasteiger partial charge in [0, 0.05) is 31.4 Å². The van der Waals surface area contributed by atoms with E-state index in [4.69, 9.17) is 4.74 Å².